The second-order valence-electron chi connectivity index (χ2n) is 21.7. The first-order valence-corrected chi connectivity index (χ1v) is 28.4. The molecule has 17 N–H and O–H groups in total. The zero-order valence-corrected chi connectivity index (χ0v) is 48.4. The van der Waals surface area contributed by atoms with Crippen molar-refractivity contribution in [3.63, 3.8) is 0 Å². The SMILES string of the molecule is O=C([O-])CC(=O)OC[C@H]1O[C@@H](Oc2cc3c(O)cc(O)cc3[o+]c2-c2cc(O[C@@H]3O[C@H](COC(=O)/C=C/c4ccc(O)cc4)[C@@H](O)[C@H](O)[C@H]3O)c(O)c(O[C@@H]3O[C@H](COC(=O)/C=C/c4ccc(O[C@@H]5O[C@H](CO)[C@@H](O)[C@H](O)[C@H]5O)cc4)[C@@H](O)[C@H](O)[C@H]3O)c2)[C@H](O)[C@@H](O)[C@@H]1O. The Kier molecular flexibility index (Phi) is 22.4. The first-order valence-electron chi connectivity index (χ1n) is 28.4. The van der Waals surface area contributed by atoms with Crippen LogP contribution in [-0.4, -0.2) is 260 Å². The first kappa shape index (κ1) is 69.7. The lowest BCUT2D eigenvalue weighted by Gasteiger charge is -2.40. The van der Waals surface area contributed by atoms with Crippen molar-refractivity contribution < 1.29 is 168 Å². The number of hydrogen-bond acceptors (Lipinski definition) is 33. The lowest BCUT2D eigenvalue weighted by Crippen LogP contribution is -2.60. The average molecular weight is 1330 g/mol. The van der Waals surface area contributed by atoms with Crippen molar-refractivity contribution in [2.24, 2.45) is 0 Å². The summed E-state index contributed by atoms with van der Waals surface area (Å²) in [7, 11) is 0. The minimum Gasteiger partial charge on any atom is -0.550 e. The van der Waals surface area contributed by atoms with Crippen LogP contribution in [0.2, 0.25) is 0 Å². The summed E-state index contributed by atoms with van der Waals surface area (Å²) in [4.78, 5) is 48.9. The largest absolute Gasteiger partial charge is 0.550 e. The van der Waals surface area contributed by atoms with Crippen LogP contribution < -0.4 is 24.1 Å². The van der Waals surface area contributed by atoms with Gasteiger partial charge in [-0.15, -0.1) is 0 Å². The Bertz CT molecular complexity index is 3530. The second-order valence-corrected chi connectivity index (χ2v) is 21.7. The molecule has 0 bridgehead atoms. The molecule has 0 saturated carbocycles. The topological polar surface area (TPSA) is 548 Å². The number of carbonyl (C=O) groups excluding carboxylic acids is 4. The van der Waals surface area contributed by atoms with E-state index in [1.165, 1.54) is 60.7 Å². The smallest absolute Gasteiger partial charge is 0.402 e. The number of carboxylic acid groups (broad SMARTS) is 1. The third-order valence-electron chi connectivity index (χ3n) is 15.0. The van der Waals surface area contributed by atoms with E-state index in [0.717, 1.165) is 42.5 Å². The summed E-state index contributed by atoms with van der Waals surface area (Å²) in [6.07, 6.45) is -35.3. The molecule has 5 aromatic rings. The molecule has 34 nitrogen and oxygen atoms in total. The highest BCUT2D eigenvalue weighted by Gasteiger charge is 2.50. The van der Waals surface area contributed by atoms with Crippen LogP contribution in [0.1, 0.15) is 17.5 Å². The molecule has 4 fully saturated rings. The number of aromatic hydroxyl groups is 4. The quantitative estimate of drug-likeness (QED) is 0.0102. The van der Waals surface area contributed by atoms with Gasteiger partial charge in [0.05, 0.1) is 30.6 Å². The molecule has 5 heterocycles. The molecule has 20 atom stereocenters. The van der Waals surface area contributed by atoms with E-state index in [-0.39, 0.29) is 22.5 Å². The molecular weight excluding hydrogens is 1260 g/mol. The van der Waals surface area contributed by atoms with E-state index in [9.17, 15) is 111 Å². The van der Waals surface area contributed by atoms with Gasteiger partial charge in [-0.25, -0.2) is 14.0 Å². The van der Waals surface area contributed by atoms with Crippen molar-refractivity contribution in [3.8, 4) is 57.3 Å². The molecule has 4 aliphatic rings. The summed E-state index contributed by atoms with van der Waals surface area (Å²) in [5.74, 6) is -10.5. The number of esters is 3. The van der Waals surface area contributed by atoms with E-state index in [0.29, 0.717) is 11.1 Å². The lowest BCUT2D eigenvalue weighted by molar-refractivity contribution is -0.305. The number of ether oxygens (including phenoxy) is 11. The summed E-state index contributed by atoms with van der Waals surface area (Å²) in [6, 6.07) is 16.0. The van der Waals surface area contributed by atoms with Crippen molar-refractivity contribution in [1.29, 1.82) is 0 Å². The van der Waals surface area contributed by atoms with E-state index in [2.05, 4.69) is 0 Å². The molecule has 0 amide bonds. The fourth-order valence-electron chi connectivity index (χ4n) is 9.84. The molecule has 0 aliphatic carbocycles. The van der Waals surface area contributed by atoms with Crippen LogP contribution in [0.3, 0.4) is 0 Å². The highest BCUT2D eigenvalue weighted by molar-refractivity contribution is 5.90. The number of benzene rings is 4. The zero-order chi connectivity index (χ0) is 68.0. The van der Waals surface area contributed by atoms with Gasteiger partial charge in [0.15, 0.2) is 11.5 Å². The lowest BCUT2D eigenvalue weighted by atomic mass is 9.99. The highest BCUT2D eigenvalue weighted by Crippen LogP contribution is 2.47. The summed E-state index contributed by atoms with van der Waals surface area (Å²) in [5.41, 5.74) is 0.0424. The molecule has 34 heteroatoms. The Morgan fingerprint density at radius 3 is 1.34 bits per heavy atom. The van der Waals surface area contributed by atoms with E-state index in [1.54, 1.807) is 0 Å². The van der Waals surface area contributed by atoms with Gasteiger partial charge in [0.25, 0.3) is 0 Å². The number of carbonyl (C=O) groups is 4. The number of aliphatic carboxylic acids is 1. The Hall–Kier alpha value is -8.63. The third kappa shape index (κ3) is 16.3. The Morgan fingerprint density at radius 2 is 0.883 bits per heavy atom. The number of carboxylic acids is 1. The fourth-order valence-corrected chi connectivity index (χ4v) is 9.84. The minimum atomic E-state index is -2.24. The monoisotopic (exact) mass is 1330 g/mol. The van der Waals surface area contributed by atoms with Crippen LogP contribution in [0, 0.1) is 0 Å². The normalized spacial score (nSPS) is 31.2. The highest BCUT2D eigenvalue weighted by atomic mass is 16.7. The zero-order valence-electron chi connectivity index (χ0n) is 48.4. The predicted octanol–water partition coefficient (Wildman–Crippen LogP) is -4.86. The molecule has 508 valence electrons. The molecule has 9 rings (SSSR count). The van der Waals surface area contributed by atoms with Gasteiger partial charge in [-0.1, -0.05) is 24.3 Å². The van der Waals surface area contributed by atoms with Gasteiger partial charge < -0.3 is 149 Å². The number of rotatable bonds is 22. The van der Waals surface area contributed by atoms with Gasteiger partial charge in [0.1, 0.15) is 146 Å². The van der Waals surface area contributed by atoms with E-state index < -0.39 is 225 Å². The van der Waals surface area contributed by atoms with Crippen molar-refractivity contribution in [1.82, 2.24) is 0 Å². The molecule has 1 aromatic heterocycles. The van der Waals surface area contributed by atoms with Crippen LogP contribution in [0.5, 0.6) is 46.0 Å². The van der Waals surface area contributed by atoms with Crippen molar-refractivity contribution in [2.75, 3.05) is 26.4 Å². The van der Waals surface area contributed by atoms with E-state index >= 15 is 0 Å². The van der Waals surface area contributed by atoms with Gasteiger partial charge in [0.2, 0.25) is 36.7 Å². The van der Waals surface area contributed by atoms with Gasteiger partial charge in [-0.3, -0.25) is 4.79 Å². The maximum absolute atomic E-state index is 13.1. The Morgan fingerprint density at radius 1 is 0.468 bits per heavy atom. The Balaban J connectivity index is 1.00. The Labute approximate surface area is 528 Å². The van der Waals surface area contributed by atoms with Gasteiger partial charge >= 0.3 is 29.3 Å². The number of phenols is 4. The fraction of sp³-hybridized carbons (Fsp3) is 0.417. The van der Waals surface area contributed by atoms with E-state index in [1.807, 2.05) is 0 Å². The molecule has 4 aromatic carbocycles. The molecule has 4 aliphatic heterocycles. The summed E-state index contributed by atoms with van der Waals surface area (Å²) >= 11 is 0. The predicted molar refractivity (Wildman–Crippen MR) is 302 cm³/mol. The number of hydrogen-bond donors (Lipinski definition) is 17. The maximum Gasteiger partial charge on any atom is 0.402 e. The van der Waals surface area contributed by atoms with Crippen molar-refractivity contribution in [3.05, 3.63) is 102 Å². The summed E-state index contributed by atoms with van der Waals surface area (Å²) in [6.45, 7) is -3.31. The number of fused-ring (bicyclic) bond motifs is 1. The van der Waals surface area contributed by atoms with Crippen LogP contribution >= 0.6 is 0 Å². The minimum absolute atomic E-state index is 0.0502. The molecule has 4 saturated heterocycles. The molecule has 94 heavy (non-hydrogen) atoms. The first-order chi connectivity index (χ1) is 44.7. The van der Waals surface area contributed by atoms with Crippen LogP contribution in [-0.2, 0) is 52.3 Å². The number of phenolic OH excluding ortho intramolecular Hbond substituents is 4. The van der Waals surface area contributed by atoms with Gasteiger partial charge in [-0.2, -0.15) is 0 Å². The maximum atomic E-state index is 13.1. The van der Waals surface area contributed by atoms with Gasteiger partial charge in [-0.05, 0) is 47.5 Å². The molecule has 0 unspecified atom stereocenters. The average Bonchev–Trinajstić information content (AvgIpc) is 0.767. The van der Waals surface area contributed by atoms with Crippen molar-refractivity contribution >= 4 is 47.0 Å². The molecule has 0 spiro atoms. The summed E-state index contributed by atoms with van der Waals surface area (Å²) in [5, 5.41) is 194. The van der Waals surface area contributed by atoms with Crippen LogP contribution in [0.4, 0.5) is 0 Å². The van der Waals surface area contributed by atoms with Crippen LogP contribution in [0.25, 0.3) is 34.4 Å². The standard InChI is InChI=1S/C60H64O34/c61-19-35-44(71)48(75)52(79)57(91-35)86-28-9-3-24(4-10-28)6-12-41(68)84-21-37-46(73)50(77)54(81)59(93-37)89-33-14-25(13-32(43(33)70)88-58-53(80)49(76)45(72)36(92-58)20-83-40(67)11-5-23-1-7-26(62)8-2-23)56-34(17-29-30(64)15-27(63)16-31(29)87-56)90-60-55(82)51(78)47(74)38(94-60)22-85-42(69)18-39(65)66/h1-17,35-38,44-55,57-61,71-82H,18-22H2,(H4-,62,63,64,65,66,67,70)/b12-6+/t35-,36-,37-,38-,44-,45-,46-,47-,48+,49+,50+,51+,52-,53-,54-,55-,57-,58-,59-,60-/m1/s1. The van der Waals surface area contributed by atoms with E-state index in [4.69, 9.17) is 56.5 Å². The summed E-state index contributed by atoms with van der Waals surface area (Å²) < 4.78 is 67.6. The molecular formula is C60H64O34. The molecule has 0 radical (unpaired) electrons. The van der Waals surface area contributed by atoms with Crippen LogP contribution in [0.15, 0.2) is 95.4 Å². The number of aliphatic hydroxyl groups excluding tert-OH is 13. The second kappa shape index (κ2) is 30.2. The van der Waals surface area contributed by atoms with Gasteiger partial charge in [0, 0.05) is 36.4 Å². The number of aliphatic hydroxyl groups is 13. The van der Waals surface area contributed by atoms with Crippen molar-refractivity contribution in [2.45, 2.75) is 129 Å². The third-order valence-corrected chi connectivity index (χ3v) is 15.0.